The van der Waals surface area contributed by atoms with Gasteiger partial charge < -0.3 is 19.1 Å². The van der Waals surface area contributed by atoms with Gasteiger partial charge >= 0.3 is 0 Å². The molecule has 0 unspecified atom stereocenters. The minimum Gasteiger partial charge on any atom is -0.381 e. The number of aromatic nitrogens is 4. The zero-order valence-corrected chi connectivity index (χ0v) is 18.4. The van der Waals surface area contributed by atoms with E-state index in [1.165, 1.54) is 6.07 Å². The fourth-order valence-electron chi connectivity index (χ4n) is 4.63. The van der Waals surface area contributed by atoms with Crippen LogP contribution in [-0.2, 0) is 4.74 Å². The van der Waals surface area contributed by atoms with Crippen molar-refractivity contribution in [2.75, 3.05) is 51.3 Å². The highest BCUT2D eigenvalue weighted by Gasteiger charge is 2.28. The average Bonchev–Trinajstić information content (AvgIpc) is 3.15. The van der Waals surface area contributed by atoms with Crippen molar-refractivity contribution in [3.8, 4) is 11.4 Å². The Kier molecular flexibility index (Phi) is 5.35. The lowest BCUT2D eigenvalue weighted by Crippen LogP contribution is -2.45. The SMILES string of the molecule is Cc1nc(N2CCN(C)CC2)c2nc(-c3cccc(F)c3C)n(C3CCOCC3)c2n1. The normalized spacial score (nSPS) is 18.8. The van der Waals surface area contributed by atoms with E-state index in [9.17, 15) is 4.39 Å². The molecule has 0 radical (unpaired) electrons. The van der Waals surface area contributed by atoms with Gasteiger partial charge in [-0.05, 0) is 45.4 Å². The molecule has 2 aliphatic heterocycles. The molecule has 2 saturated heterocycles. The molecule has 5 rings (SSSR count). The van der Waals surface area contributed by atoms with Crippen LogP contribution in [0.4, 0.5) is 10.2 Å². The number of benzene rings is 1. The van der Waals surface area contributed by atoms with Crippen molar-refractivity contribution in [2.24, 2.45) is 0 Å². The van der Waals surface area contributed by atoms with E-state index in [0.29, 0.717) is 18.8 Å². The Balaban J connectivity index is 1.73. The first kappa shape index (κ1) is 20.3. The van der Waals surface area contributed by atoms with E-state index in [2.05, 4.69) is 21.4 Å². The van der Waals surface area contributed by atoms with Gasteiger partial charge in [0.15, 0.2) is 17.0 Å². The summed E-state index contributed by atoms with van der Waals surface area (Å²) >= 11 is 0. The number of hydrogen-bond acceptors (Lipinski definition) is 6. The Hall–Kier alpha value is -2.58. The maximum atomic E-state index is 14.5. The van der Waals surface area contributed by atoms with Crippen molar-refractivity contribution >= 4 is 17.0 Å². The second-order valence-corrected chi connectivity index (χ2v) is 8.62. The Labute approximate surface area is 181 Å². The van der Waals surface area contributed by atoms with Gasteiger partial charge in [-0.25, -0.2) is 19.3 Å². The van der Waals surface area contributed by atoms with Gasteiger partial charge in [0.1, 0.15) is 17.5 Å². The van der Waals surface area contributed by atoms with E-state index >= 15 is 0 Å². The largest absolute Gasteiger partial charge is 0.381 e. The van der Waals surface area contributed by atoms with E-state index in [0.717, 1.165) is 73.2 Å². The molecule has 0 amide bonds. The predicted octanol–water partition coefficient (Wildman–Crippen LogP) is 3.35. The summed E-state index contributed by atoms with van der Waals surface area (Å²) < 4.78 is 22.3. The maximum absolute atomic E-state index is 14.5. The average molecular weight is 425 g/mol. The number of aryl methyl sites for hydroxylation is 1. The third-order valence-corrected chi connectivity index (χ3v) is 6.50. The Morgan fingerprint density at radius 1 is 1.00 bits per heavy atom. The summed E-state index contributed by atoms with van der Waals surface area (Å²) in [5.74, 6) is 2.17. The van der Waals surface area contributed by atoms with Crippen LogP contribution in [0.5, 0.6) is 0 Å². The number of hydrogen-bond donors (Lipinski definition) is 0. The van der Waals surface area contributed by atoms with Crippen molar-refractivity contribution in [2.45, 2.75) is 32.7 Å². The van der Waals surface area contributed by atoms with Gasteiger partial charge in [-0.1, -0.05) is 12.1 Å². The number of ether oxygens (including phenoxy) is 1. The molecule has 0 saturated carbocycles. The van der Waals surface area contributed by atoms with Crippen LogP contribution in [0.3, 0.4) is 0 Å². The quantitative estimate of drug-likeness (QED) is 0.643. The number of fused-ring (bicyclic) bond motifs is 1. The molecule has 0 N–H and O–H groups in total. The van der Waals surface area contributed by atoms with Crippen LogP contribution in [0, 0.1) is 19.7 Å². The van der Waals surface area contributed by atoms with Crippen LogP contribution in [0.1, 0.15) is 30.3 Å². The fourth-order valence-corrected chi connectivity index (χ4v) is 4.63. The highest BCUT2D eigenvalue weighted by molar-refractivity contribution is 5.87. The van der Waals surface area contributed by atoms with Crippen molar-refractivity contribution in [3.05, 3.63) is 35.4 Å². The summed E-state index contributed by atoms with van der Waals surface area (Å²) in [5, 5.41) is 0. The molecular weight excluding hydrogens is 395 g/mol. The van der Waals surface area contributed by atoms with Gasteiger partial charge in [0.25, 0.3) is 0 Å². The van der Waals surface area contributed by atoms with Gasteiger partial charge in [-0.3, -0.25) is 0 Å². The minimum atomic E-state index is -0.218. The second kappa shape index (κ2) is 8.16. The molecule has 0 spiro atoms. The van der Waals surface area contributed by atoms with Crippen molar-refractivity contribution in [3.63, 3.8) is 0 Å². The molecule has 2 aromatic heterocycles. The first-order chi connectivity index (χ1) is 15.0. The second-order valence-electron chi connectivity index (χ2n) is 8.62. The predicted molar refractivity (Wildman–Crippen MR) is 119 cm³/mol. The van der Waals surface area contributed by atoms with E-state index in [4.69, 9.17) is 19.7 Å². The third-order valence-electron chi connectivity index (χ3n) is 6.50. The van der Waals surface area contributed by atoms with Crippen LogP contribution in [-0.4, -0.2) is 70.9 Å². The summed E-state index contributed by atoms with van der Waals surface area (Å²) in [6.07, 6.45) is 1.78. The van der Waals surface area contributed by atoms with Gasteiger partial charge in [0.2, 0.25) is 0 Å². The lowest BCUT2D eigenvalue weighted by Gasteiger charge is -2.33. The van der Waals surface area contributed by atoms with Gasteiger partial charge in [-0.15, -0.1) is 0 Å². The van der Waals surface area contributed by atoms with E-state index in [-0.39, 0.29) is 11.9 Å². The molecule has 4 heterocycles. The molecule has 1 aromatic carbocycles. The summed E-state index contributed by atoms with van der Waals surface area (Å²) in [6, 6.07) is 5.42. The molecule has 164 valence electrons. The zero-order chi connectivity index (χ0) is 21.5. The first-order valence-corrected chi connectivity index (χ1v) is 11.1. The van der Waals surface area contributed by atoms with Crippen molar-refractivity contribution < 1.29 is 9.13 Å². The molecule has 0 atom stereocenters. The maximum Gasteiger partial charge on any atom is 0.166 e. The zero-order valence-electron chi connectivity index (χ0n) is 18.4. The molecule has 2 aliphatic rings. The molecule has 7 nitrogen and oxygen atoms in total. The number of halogens is 1. The number of rotatable bonds is 3. The summed E-state index contributed by atoms with van der Waals surface area (Å²) in [6.45, 7) is 8.95. The third kappa shape index (κ3) is 3.68. The molecular formula is C23H29FN6O. The number of imidazole rings is 1. The van der Waals surface area contributed by atoms with Crippen LogP contribution in [0.25, 0.3) is 22.6 Å². The highest BCUT2D eigenvalue weighted by atomic mass is 19.1. The standard InChI is InChI=1S/C23H29FN6O/c1-15-18(5-4-6-19(15)24)21-27-20-22(29-11-9-28(3)10-12-29)25-16(2)26-23(20)30(21)17-7-13-31-14-8-17/h4-6,17H,7-14H2,1-3H3. The van der Waals surface area contributed by atoms with Crippen LogP contribution < -0.4 is 4.90 Å². The monoisotopic (exact) mass is 424 g/mol. The number of anilines is 1. The molecule has 31 heavy (non-hydrogen) atoms. The van der Waals surface area contributed by atoms with Crippen molar-refractivity contribution in [1.82, 2.24) is 24.4 Å². The molecule has 8 heteroatoms. The van der Waals surface area contributed by atoms with E-state index in [1.807, 2.05) is 19.9 Å². The first-order valence-electron chi connectivity index (χ1n) is 11.1. The number of nitrogens with zero attached hydrogens (tertiary/aromatic N) is 6. The van der Waals surface area contributed by atoms with Crippen LogP contribution in [0.2, 0.25) is 0 Å². The van der Waals surface area contributed by atoms with E-state index in [1.54, 1.807) is 6.07 Å². The molecule has 2 fully saturated rings. The minimum absolute atomic E-state index is 0.214. The fraction of sp³-hybridized carbons (Fsp3) is 0.522. The van der Waals surface area contributed by atoms with Gasteiger partial charge in [-0.2, -0.15) is 0 Å². The Morgan fingerprint density at radius 3 is 2.48 bits per heavy atom. The lowest BCUT2D eigenvalue weighted by atomic mass is 10.1. The summed E-state index contributed by atoms with van der Waals surface area (Å²) in [7, 11) is 2.14. The summed E-state index contributed by atoms with van der Waals surface area (Å²) in [4.78, 5) is 19.3. The van der Waals surface area contributed by atoms with Gasteiger partial charge in [0.05, 0.1) is 0 Å². The van der Waals surface area contributed by atoms with Crippen LogP contribution in [0.15, 0.2) is 18.2 Å². The highest BCUT2D eigenvalue weighted by Crippen LogP contribution is 2.36. The Bertz CT molecular complexity index is 1100. The molecule has 0 bridgehead atoms. The number of likely N-dealkylation sites (N-methyl/N-ethyl adjacent to an activating group) is 1. The molecule has 0 aliphatic carbocycles. The topological polar surface area (TPSA) is 59.3 Å². The Morgan fingerprint density at radius 2 is 1.74 bits per heavy atom. The summed E-state index contributed by atoms with van der Waals surface area (Å²) in [5.41, 5.74) is 3.07. The van der Waals surface area contributed by atoms with Crippen molar-refractivity contribution in [1.29, 1.82) is 0 Å². The van der Waals surface area contributed by atoms with E-state index < -0.39 is 0 Å². The van der Waals surface area contributed by atoms with Crippen LogP contribution >= 0.6 is 0 Å². The molecule has 3 aromatic rings. The smallest absolute Gasteiger partial charge is 0.166 e. The number of piperazine rings is 1. The van der Waals surface area contributed by atoms with Gasteiger partial charge in [0, 0.05) is 51.0 Å². The lowest BCUT2D eigenvalue weighted by molar-refractivity contribution is 0.0708.